The number of amides is 1. The zero-order valence-corrected chi connectivity index (χ0v) is 11.9. The van der Waals surface area contributed by atoms with Crippen LogP contribution in [0.15, 0.2) is 17.5 Å². The Morgan fingerprint density at radius 1 is 1.56 bits per heavy atom. The van der Waals surface area contributed by atoms with E-state index in [-0.39, 0.29) is 12.0 Å². The average Bonchev–Trinajstić information content (AvgIpc) is 2.98. The van der Waals surface area contributed by atoms with Crippen LogP contribution in [-0.4, -0.2) is 29.4 Å². The Labute approximate surface area is 116 Å². The summed E-state index contributed by atoms with van der Waals surface area (Å²) in [7, 11) is 0. The van der Waals surface area contributed by atoms with Gasteiger partial charge in [0.25, 0.3) is 0 Å². The molecule has 1 aliphatic rings. The van der Waals surface area contributed by atoms with E-state index in [1.54, 1.807) is 23.1 Å². The number of nitrogens with one attached hydrogen (secondary N) is 1. The summed E-state index contributed by atoms with van der Waals surface area (Å²) in [6.07, 6.45) is 2.60. The van der Waals surface area contributed by atoms with E-state index in [2.05, 4.69) is 16.8 Å². The van der Waals surface area contributed by atoms with E-state index >= 15 is 0 Å². The lowest BCUT2D eigenvalue weighted by Crippen LogP contribution is -2.30. The molecule has 1 amide bonds. The summed E-state index contributed by atoms with van der Waals surface area (Å²) < 4.78 is 0. The number of aliphatic hydroxyl groups excluding tert-OH is 1. The molecule has 1 heterocycles. The molecule has 1 aromatic heterocycles. The number of hydrogen-bond donors (Lipinski definition) is 2. The normalized spacial score (nSPS) is 23.2. The van der Waals surface area contributed by atoms with Gasteiger partial charge in [0.2, 0.25) is 5.91 Å². The molecule has 0 radical (unpaired) electrons. The van der Waals surface area contributed by atoms with Crippen molar-refractivity contribution in [2.24, 2.45) is 5.92 Å². The fourth-order valence-electron chi connectivity index (χ4n) is 2.18. The maximum Gasteiger partial charge on any atom is 0.230 e. The van der Waals surface area contributed by atoms with Gasteiger partial charge in [0.05, 0.1) is 11.9 Å². The molecular formula is C13H19NO2S2. The second-order valence-corrected chi connectivity index (χ2v) is 6.73. The molecule has 100 valence electrons. The quantitative estimate of drug-likeness (QED) is 0.843. The lowest BCUT2D eigenvalue weighted by molar-refractivity contribution is -0.118. The van der Waals surface area contributed by atoms with Crippen molar-refractivity contribution in [3.05, 3.63) is 22.4 Å². The van der Waals surface area contributed by atoms with Crippen LogP contribution in [-0.2, 0) is 10.5 Å². The monoisotopic (exact) mass is 285 g/mol. The van der Waals surface area contributed by atoms with Crippen molar-refractivity contribution in [3.63, 3.8) is 0 Å². The molecule has 0 saturated heterocycles. The van der Waals surface area contributed by atoms with E-state index in [1.165, 1.54) is 4.88 Å². The summed E-state index contributed by atoms with van der Waals surface area (Å²) in [6, 6.07) is 4.13. The summed E-state index contributed by atoms with van der Waals surface area (Å²) in [4.78, 5) is 12.9. The first-order chi connectivity index (χ1) is 8.74. The van der Waals surface area contributed by atoms with Gasteiger partial charge in [-0.3, -0.25) is 4.79 Å². The molecule has 5 heteroatoms. The summed E-state index contributed by atoms with van der Waals surface area (Å²) >= 11 is 3.38. The Hall–Kier alpha value is -0.520. The SMILES string of the molecule is O=C(CSCc1cccs1)NCC1CCC(O)C1. The van der Waals surface area contributed by atoms with Gasteiger partial charge in [-0.2, -0.15) is 0 Å². The minimum atomic E-state index is -0.153. The molecule has 1 aromatic rings. The van der Waals surface area contributed by atoms with Crippen molar-refractivity contribution >= 4 is 29.0 Å². The number of aliphatic hydroxyl groups is 1. The fourth-order valence-corrected chi connectivity index (χ4v) is 3.88. The van der Waals surface area contributed by atoms with Gasteiger partial charge in [-0.05, 0) is 36.6 Å². The highest BCUT2D eigenvalue weighted by molar-refractivity contribution is 7.99. The van der Waals surface area contributed by atoms with Gasteiger partial charge in [0.15, 0.2) is 0 Å². The Morgan fingerprint density at radius 3 is 3.11 bits per heavy atom. The van der Waals surface area contributed by atoms with E-state index in [9.17, 15) is 9.90 Å². The third kappa shape index (κ3) is 4.63. The molecule has 0 bridgehead atoms. The van der Waals surface area contributed by atoms with E-state index in [0.717, 1.165) is 31.6 Å². The highest BCUT2D eigenvalue weighted by Crippen LogP contribution is 2.24. The summed E-state index contributed by atoms with van der Waals surface area (Å²) in [6.45, 7) is 0.718. The van der Waals surface area contributed by atoms with Gasteiger partial charge in [0.1, 0.15) is 0 Å². The maximum absolute atomic E-state index is 11.6. The molecule has 2 N–H and O–H groups in total. The highest BCUT2D eigenvalue weighted by atomic mass is 32.2. The van der Waals surface area contributed by atoms with Crippen LogP contribution in [0.4, 0.5) is 0 Å². The first-order valence-corrected chi connectivity index (χ1v) is 8.32. The van der Waals surface area contributed by atoms with Crippen LogP contribution in [0.5, 0.6) is 0 Å². The van der Waals surface area contributed by atoms with Crippen LogP contribution in [0.1, 0.15) is 24.1 Å². The standard InChI is InChI=1S/C13H19NO2S2/c15-11-4-3-10(6-11)7-14-13(16)9-17-8-12-2-1-5-18-12/h1-2,5,10-11,15H,3-4,6-9H2,(H,14,16). The minimum absolute atomic E-state index is 0.109. The number of carbonyl (C=O) groups is 1. The molecule has 18 heavy (non-hydrogen) atoms. The fraction of sp³-hybridized carbons (Fsp3) is 0.615. The second-order valence-electron chi connectivity index (χ2n) is 4.71. The van der Waals surface area contributed by atoms with E-state index in [0.29, 0.717) is 11.7 Å². The van der Waals surface area contributed by atoms with Gasteiger partial charge in [0, 0.05) is 17.2 Å². The number of carbonyl (C=O) groups excluding carboxylic acids is 1. The number of thioether (sulfide) groups is 1. The molecular weight excluding hydrogens is 266 g/mol. The number of hydrogen-bond acceptors (Lipinski definition) is 4. The molecule has 2 atom stereocenters. The molecule has 0 spiro atoms. The van der Waals surface area contributed by atoms with Crippen LogP contribution in [0, 0.1) is 5.92 Å². The van der Waals surface area contributed by atoms with Crippen LogP contribution < -0.4 is 5.32 Å². The Balaban J connectivity index is 1.55. The minimum Gasteiger partial charge on any atom is -0.393 e. The molecule has 0 aliphatic heterocycles. The van der Waals surface area contributed by atoms with Crippen LogP contribution in [0.25, 0.3) is 0 Å². The Kier molecular flexibility index (Phi) is 5.53. The molecule has 1 fully saturated rings. The van der Waals surface area contributed by atoms with Crippen LogP contribution >= 0.6 is 23.1 Å². The molecule has 0 aromatic carbocycles. The maximum atomic E-state index is 11.6. The van der Waals surface area contributed by atoms with Crippen molar-refractivity contribution in [1.29, 1.82) is 0 Å². The zero-order valence-electron chi connectivity index (χ0n) is 10.3. The Bertz CT molecular complexity index is 367. The smallest absolute Gasteiger partial charge is 0.230 e. The molecule has 1 saturated carbocycles. The lowest BCUT2D eigenvalue weighted by atomic mass is 10.1. The van der Waals surface area contributed by atoms with Crippen molar-refractivity contribution in [1.82, 2.24) is 5.32 Å². The van der Waals surface area contributed by atoms with E-state index in [1.807, 2.05) is 6.07 Å². The van der Waals surface area contributed by atoms with Crippen LogP contribution in [0.2, 0.25) is 0 Å². The molecule has 3 nitrogen and oxygen atoms in total. The Morgan fingerprint density at radius 2 is 2.44 bits per heavy atom. The first kappa shape index (κ1) is 13.9. The molecule has 2 rings (SSSR count). The van der Waals surface area contributed by atoms with E-state index < -0.39 is 0 Å². The van der Waals surface area contributed by atoms with Crippen molar-refractivity contribution in [3.8, 4) is 0 Å². The van der Waals surface area contributed by atoms with Gasteiger partial charge < -0.3 is 10.4 Å². The average molecular weight is 285 g/mol. The summed E-state index contributed by atoms with van der Waals surface area (Å²) in [5, 5.41) is 14.4. The third-order valence-corrected chi connectivity index (χ3v) is 5.20. The van der Waals surface area contributed by atoms with Gasteiger partial charge >= 0.3 is 0 Å². The van der Waals surface area contributed by atoms with E-state index in [4.69, 9.17) is 0 Å². The number of rotatable bonds is 6. The first-order valence-electron chi connectivity index (χ1n) is 6.29. The highest BCUT2D eigenvalue weighted by Gasteiger charge is 2.22. The third-order valence-electron chi connectivity index (χ3n) is 3.16. The summed E-state index contributed by atoms with van der Waals surface area (Å²) in [5.74, 6) is 2.00. The topological polar surface area (TPSA) is 49.3 Å². The predicted molar refractivity (Wildman–Crippen MR) is 76.8 cm³/mol. The summed E-state index contributed by atoms with van der Waals surface area (Å²) in [5.41, 5.74) is 0. The largest absolute Gasteiger partial charge is 0.393 e. The van der Waals surface area contributed by atoms with Gasteiger partial charge in [-0.1, -0.05) is 6.07 Å². The van der Waals surface area contributed by atoms with Crippen molar-refractivity contribution < 1.29 is 9.90 Å². The second kappa shape index (κ2) is 7.16. The lowest BCUT2D eigenvalue weighted by Gasteiger charge is -2.10. The van der Waals surface area contributed by atoms with Gasteiger partial charge in [-0.15, -0.1) is 23.1 Å². The van der Waals surface area contributed by atoms with Gasteiger partial charge in [-0.25, -0.2) is 0 Å². The van der Waals surface area contributed by atoms with Crippen molar-refractivity contribution in [2.45, 2.75) is 31.1 Å². The zero-order chi connectivity index (χ0) is 12.8. The van der Waals surface area contributed by atoms with Crippen molar-refractivity contribution in [2.75, 3.05) is 12.3 Å². The number of thiophene rings is 1. The van der Waals surface area contributed by atoms with Crippen LogP contribution in [0.3, 0.4) is 0 Å². The molecule has 1 aliphatic carbocycles. The predicted octanol–water partition coefficient (Wildman–Crippen LogP) is 2.26. The molecule has 2 unspecified atom stereocenters.